The number of pyridine rings is 1. The maximum atomic E-state index is 12.7. The Bertz CT molecular complexity index is 666. The summed E-state index contributed by atoms with van der Waals surface area (Å²) in [6.07, 6.45) is -4.53. The van der Waals surface area contributed by atoms with E-state index in [9.17, 15) is 13.2 Å². The molecule has 0 aliphatic carbocycles. The van der Waals surface area contributed by atoms with Gasteiger partial charge in [0.1, 0.15) is 16.5 Å². The summed E-state index contributed by atoms with van der Waals surface area (Å²) in [7, 11) is 0. The van der Waals surface area contributed by atoms with Gasteiger partial charge >= 0.3 is 6.18 Å². The second-order valence-corrected chi connectivity index (χ2v) is 4.89. The van der Waals surface area contributed by atoms with Gasteiger partial charge in [-0.1, -0.05) is 29.9 Å². The molecule has 2 aromatic rings. The molecule has 0 amide bonds. The van der Waals surface area contributed by atoms with Gasteiger partial charge in [0.25, 0.3) is 0 Å². The number of aryl methyl sites for hydroxylation is 1. The van der Waals surface area contributed by atoms with E-state index in [2.05, 4.69) is 10.3 Å². The van der Waals surface area contributed by atoms with Crippen LogP contribution in [0.2, 0.25) is 0 Å². The van der Waals surface area contributed by atoms with Crippen molar-refractivity contribution in [3.63, 3.8) is 0 Å². The second kappa shape index (κ2) is 5.69. The third kappa shape index (κ3) is 3.69. The number of rotatable bonds is 3. The number of anilines is 2. The Morgan fingerprint density at radius 2 is 1.76 bits per heavy atom. The maximum absolute atomic E-state index is 12.7. The molecule has 2 rings (SSSR count). The standard InChI is InChI=1S/C14H12F3N3S/c1-8-2-4-9(5-3-8)19-13-10(12(18)21)6-7-11(20-13)14(15,16)17/h2-7H,1H3,(H2,18,21)(H,19,20). The van der Waals surface area contributed by atoms with E-state index in [1.165, 1.54) is 6.07 Å². The van der Waals surface area contributed by atoms with Crippen molar-refractivity contribution in [2.75, 3.05) is 5.32 Å². The van der Waals surface area contributed by atoms with Gasteiger partial charge in [-0.25, -0.2) is 4.98 Å². The first-order valence-corrected chi connectivity index (χ1v) is 6.40. The first kappa shape index (κ1) is 15.2. The van der Waals surface area contributed by atoms with Crippen LogP contribution >= 0.6 is 12.2 Å². The van der Waals surface area contributed by atoms with Crippen molar-refractivity contribution in [3.05, 3.63) is 53.2 Å². The molecule has 0 radical (unpaired) electrons. The van der Waals surface area contributed by atoms with Crippen LogP contribution in [0.3, 0.4) is 0 Å². The van der Waals surface area contributed by atoms with Crippen molar-refractivity contribution in [2.24, 2.45) is 5.73 Å². The highest BCUT2D eigenvalue weighted by atomic mass is 32.1. The molecule has 3 N–H and O–H groups in total. The highest BCUT2D eigenvalue weighted by Gasteiger charge is 2.33. The lowest BCUT2D eigenvalue weighted by Crippen LogP contribution is -2.16. The third-order valence-corrected chi connectivity index (χ3v) is 2.99. The molecule has 3 nitrogen and oxygen atoms in total. The summed E-state index contributed by atoms with van der Waals surface area (Å²) >= 11 is 4.84. The molecule has 110 valence electrons. The van der Waals surface area contributed by atoms with Gasteiger partial charge in [0, 0.05) is 5.69 Å². The van der Waals surface area contributed by atoms with Gasteiger partial charge in [0.15, 0.2) is 0 Å². The highest BCUT2D eigenvalue weighted by molar-refractivity contribution is 7.80. The van der Waals surface area contributed by atoms with Gasteiger partial charge < -0.3 is 11.1 Å². The minimum atomic E-state index is -4.53. The van der Waals surface area contributed by atoms with Gasteiger partial charge in [-0.2, -0.15) is 13.2 Å². The van der Waals surface area contributed by atoms with E-state index >= 15 is 0 Å². The number of hydrogen-bond donors (Lipinski definition) is 2. The van der Waals surface area contributed by atoms with E-state index in [0.717, 1.165) is 11.6 Å². The predicted octanol–water partition coefficient (Wildman–Crippen LogP) is 3.79. The molecule has 0 aliphatic heterocycles. The molecule has 7 heteroatoms. The van der Waals surface area contributed by atoms with Crippen LogP contribution in [-0.2, 0) is 6.18 Å². The SMILES string of the molecule is Cc1ccc(Nc2nc(C(F)(F)F)ccc2C(N)=S)cc1. The van der Waals surface area contributed by atoms with Crippen LogP contribution in [0.5, 0.6) is 0 Å². The molecular weight excluding hydrogens is 299 g/mol. The van der Waals surface area contributed by atoms with E-state index in [0.29, 0.717) is 5.69 Å². The van der Waals surface area contributed by atoms with Gasteiger partial charge in [-0.3, -0.25) is 0 Å². The Labute approximate surface area is 125 Å². The summed E-state index contributed by atoms with van der Waals surface area (Å²) < 4.78 is 38.2. The zero-order valence-electron chi connectivity index (χ0n) is 11.0. The molecule has 21 heavy (non-hydrogen) atoms. The van der Waals surface area contributed by atoms with E-state index in [1.807, 2.05) is 19.1 Å². The molecule has 0 saturated carbocycles. The zero-order chi connectivity index (χ0) is 15.6. The summed E-state index contributed by atoms with van der Waals surface area (Å²) in [5.41, 5.74) is 6.42. The highest BCUT2D eigenvalue weighted by Crippen LogP contribution is 2.30. The van der Waals surface area contributed by atoms with Gasteiger partial charge in [0.05, 0.1) is 5.56 Å². The van der Waals surface area contributed by atoms with Crippen LogP contribution in [0, 0.1) is 6.92 Å². The van der Waals surface area contributed by atoms with E-state index in [-0.39, 0.29) is 16.4 Å². The van der Waals surface area contributed by atoms with Crippen molar-refractivity contribution in [3.8, 4) is 0 Å². The van der Waals surface area contributed by atoms with E-state index in [4.69, 9.17) is 18.0 Å². The van der Waals surface area contributed by atoms with Gasteiger partial charge in [-0.05, 0) is 31.2 Å². The van der Waals surface area contributed by atoms with Crippen LogP contribution in [0.25, 0.3) is 0 Å². The molecule has 1 aromatic heterocycles. The summed E-state index contributed by atoms with van der Waals surface area (Å²) in [4.78, 5) is 3.56. The molecule has 0 spiro atoms. The lowest BCUT2D eigenvalue weighted by atomic mass is 10.2. The van der Waals surface area contributed by atoms with Crippen molar-refractivity contribution in [1.29, 1.82) is 0 Å². The lowest BCUT2D eigenvalue weighted by Gasteiger charge is -2.13. The number of nitrogens with two attached hydrogens (primary N) is 1. The molecule has 1 aromatic carbocycles. The fraction of sp³-hybridized carbons (Fsp3) is 0.143. The normalized spacial score (nSPS) is 11.2. The number of alkyl halides is 3. The monoisotopic (exact) mass is 311 g/mol. The fourth-order valence-electron chi connectivity index (χ4n) is 1.68. The molecule has 1 heterocycles. The topological polar surface area (TPSA) is 50.9 Å². The van der Waals surface area contributed by atoms with Crippen molar-refractivity contribution in [2.45, 2.75) is 13.1 Å². The van der Waals surface area contributed by atoms with Crippen LogP contribution in [0.15, 0.2) is 36.4 Å². The number of hydrogen-bond acceptors (Lipinski definition) is 3. The average molecular weight is 311 g/mol. The van der Waals surface area contributed by atoms with E-state index < -0.39 is 11.9 Å². The van der Waals surface area contributed by atoms with Gasteiger partial charge in [-0.15, -0.1) is 0 Å². The number of benzene rings is 1. The number of thiocarbonyl (C=S) groups is 1. The number of halogens is 3. The largest absolute Gasteiger partial charge is 0.433 e. The summed E-state index contributed by atoms with van der Waals surface area (Å²) in [5, 5.41) is 2.81. The molecule has 0 fully saturated rings. The Morgan fingerprint density at radius 3 is 2.29 bits per heavy atom. The van der Waals surface area contributed by atoms with Gasteiger partial charge in [0.2, 0.25) is 0 Å². The molecule has 0 saturated heterocycles. The van der Waals surface area contributed by atoms with Crippen LogP contribution < -0.4 is 11.1 Å². The minimum Gasteiger partial charge on any atom is -0.389 e. The molecule has 0 bridgehead atoms. The Balaban J connectivity index is 2.43. The fourth-order valence-corrected chi connectivity index (χ4v) is 1.85. The van der Waals surface area contributed by atoms with Crippen molar-refractivity contribution in [1.82, 2.24) is 4.98 Å². The van der Waals surface area contributed by atoms with Crippen molar-refractivity contribution >= 4 is 28.7 Å². The van der Waals surface area contributed by atoms with Crippen LogP contribution in [0.1, 0.15) is 16.8 Å². The smallest absolute Gasteiger partial charge is 0.389 e. The Kier molecular flexibility index (Phi) is 4.13. The summed E-state index contributed by atoms with van der Waals surface area (Å²) in [6, 6.07) is 9.21. The third-order valence-electron chi connectivity index (χ3n) is 2.77. The predicted molar refractivity (Wildman–Crippen MR) is 79.6 cm³/mol. The van der Waals surface area contributed by atoms with Crippen LogP contribution in [0.4, 0.5) is 24.7 Å². The maximum Gasteiger partial charge on any atom is 0.433 e. The summed E-state index contributed by atoms with van der Waals surface area (Å²) in [6.45, 7) is 1.91. The Morgan fingerprint density at radius 1 is 1.14 bits per heavy atom. The van der Waals surface area contributed by atoms with E-state index in [1.54, 1.807) is 12.1 Å². The second-order valence-electron chi connectivity index (χ2n) is 4.45. The molecule has 0 aliphatic rings. The lowest BCUT2D eigenvalue weighted by molar-refractivity contribution is -0.141. The first-order valence-electron chi connectivity index (χ1n) is 5.99. The summed E-state index contributed by atoms with van der Waals surface area (Å²) in [5.74, 6) is -0.0128. The van der Waals surface area contributed by atoms with Crippen LogP contribution in [-0.4, -0.2) is 9.97 Å². The number of nitrogens with zero attached hydrogens (tertiary/aromatic N) is 1. The molecule has 0 unspecified atom stereocenters. The molecular formula is C14H12F3N3S. The molecule has 0 atom stereocenters. The Hall–Kier alpha value is -2.15. The van der Waals surface area contributed by atoms with Crippen molar-refractivity contribution < 1.29 is 13.2 Å². The average Bonchev–Trinajstić information content (AvgIpc) is 2.40. The first-order chi connectivity index (χ1) is 9.77. The quantitative estimate of drug-likeness (QED) is 0.847. The zero-order valence-corrected chi connectivity index (χ0v) is 11.8. The number of nitrogens with one attached hydrogen (secondary N) is 1. The number of aromatic nitrogens is 1. The minimum absolute atomic E-state index is 0.0128.